The summed E-state index contributed by atoms with van der Waals surface area (Å²) in [6.45, 7) is 1.35. The molecule has 1 unspecified atom stereocenters. The predicted molar refractivity (Wildman–Crippen MR) is 56.8 cm³/mol. The van der Waals surface area contributed by atoms with Crippen LogP contribution in [0.25, 0.3) is 0 Å². The summed E-state index contributed by atoms with van der Waals surface area (Å²) in [7, 11) is 0. The third kappa shape index (κ3) is 3.36. The molecule has 7 nitrogen and oxygen atoms in total. The van der Waals surface area contributed by atoms with E-state index in [-0.39, 0.29) is 12.3 Å². The van der Waals surface area contributed by atoms with Crippen LogP contribution in [0.2, 0.25) is 0 Å². The molecule has 0 aromatic heterocycles. The van der Waals surface area contributed by atoms with Crippen molar-refractivity contribution in [2.75, 3.05) is 6.61 Å². The van der Waals surface area contributed by atoms with Gasteiger partial charge in [0.05, 0.1) is 6.61 Å². The molecule has 1 fully saturated rings. The van der Waals surface area contributed by atoms with Crippen molar-refractivity contribution in [1.82, 2.24) is 5.32 Å². The Morgan fingerprint density at radius 3 is 2.53 bits per heavy atom. The zero-order valence-electron chi connectivity index (χ0n) is 9.61. The largest absolute Gasteiger partial charge is 0.394 e. The number of carbonyl (C=O) groups is 1. The van der Waals surface area contributed by atoms with E-state index in [1.807, 2.05) is 6.92 Å². The second-order valence-electron chi connectivity index (χ2n) is 4.07. The fourth-order valence-corrected chi connectivity index (χ4v) is 1.74. The van der Waals surface area contributed by atoms with Crippen molar-refractivity contribution < 1.29 is 30.0 Å². The van der Waals surface area contributed by atoms with Gasteiger partial charge in [0.2, 0.25) is 5.91 Å². The molecule has 0 spiro atoms. The molecule has 1 amide bonds. The molecule has 1 aliphatic rings. The summed E-state index contributed by atoms with van der Waals surface area (Å²) in [5.74, 6) is -0.363. The molecule has 0 aromatic rings. The van der Waals surface area contributed by atoms with E-state index < -0.39 is 37.3 Å². The van der Waals surface area contributed by atoms with Gasteiger partial charge < -0.3 is 30.5 Å². The average Bonchev–Trinajstić information content (AvgIpc) is 2.56. The normalized spacial score (nSPS) is 34.6. The van der Waals surface area contributed by atoms with Crippen LogP contribution in [0.3, 0.4) is 0 Å². The van der Waals surface area contributed by atoms with Gasteiger partial charge in [-0.1, -0.05) is 6.92 Å². The third-order valence-corrected chi connectivity index (χ3v) is 2.68. The van der Waals surface area contributed by atoms with Crippen LogP contribution < -0.4 is 5.32 Å². The molecule has 0 bridgehead atoms. The Morgan fingerprint density at radius 2 is 2.06 bits per heavy atom. The number of hydrogen-bond acceptors (Lipinski definition) is 6. The Labute approximate surface area is 99.0 Å². The monoisotopic (exact) mass is 249 g/mol. The lowest BCUT2D eigenvalue weighted by Gasteiger charge is -2.21. The topological polar surface area (TPSA) is 119 Å². The highest BCUT2D eigenvalue weighted by Gasteiger charge is 2.45. The lowest BCUT2D eigenvalue weighted by atomic mass is 10.1. The number of carbonyl (C=O) groups excluding carboxylic acids is 1. The number of amides is 1. The van der Waals surface area contributed by atoms with E-state index >= 15 is 0 Å². The Hall–Kier alpha value is -0.730. The van der Waals surface area contributed by atoms with Crippen molar-refractivity contribution >= 4 is 5.91 Å². The summed E-state index contributed by atoms with van der Waals surface area (Å²) >= 11 is 0. The van der Waals surface area contributed by atoms with E-state index in [4.69, 9.17) is 9.84 Å². The molecule has 0 saturated carbocycles. The van der Waals surface area contributed by atoms with Crippen molar-refractivity contribution in [2.45, 2.75) is 50.4 Å². The summed E-state index contributed by atoms with van der Waals surface area (Å²) < 4.78 is 5.06. The van der Waals surface area contributed by atoms with Crippen LogP contribution in [0.15, 0.2) is 0 Å². The van der Waals surface area contributed by atoms with Gasteiger partial charge in [0.15, 0.2) is 6.23 Å². The van der Waals surface area contributed by atoms with Crippen LogP contribution in [-0.4, -0.2) is 63.6 Å². The Kier molecular flexibility index (Phi) is 5.29. The highest BCUT2D eigenvalue weighted by molar-refractivity contribution is 5.76. The molecule has 0 radical (unpaired) electrons. The number of aliphatic hydroxyl groups excluding tert-OH is 4. The van der Waals surface area contributed by atoms with Crippen LogP contribution in [0.1, 0.15) is 19.8 Å². The van der Waals surface area contributed by atoms with E-state index in [0.29, 0.717) is 6.42 Å². The van der Waals surface area contributed by atoms with Crippen molar-refractivity contribution in [3.05, 3.63) is 0 Å². The molecule has 5 N–H and O–H groups in total. The molecule has 100 valence electrons. The van der Waals surface area contributed by atoms with Crippen molar-refractivity contribution in [3.8, 4) is 0 Å². The Morgan fingerprint density at radius 1 is 1.41 bits per heavy atom. The SMILES string of the molecule is CCCC(=O)NC(O)[C@@H]1O[C@H](CO)[C@@H](O)[C@@H]1O. The molecule has 1 saturated heterocycles. The summed E-state index contributed by atoms with van der Waals surface area (Å²) in [5, 5.41) is 39.8. The van der Waals surface area contributed by atoms with E-state index in [2.05, 4.69) is 5.32 Å². The zero-order chi connectivity index (χ0) is 13.0. The molecule has 1 aliphatic heterocycles. The second-order valence-corrected chi connectivity index (χ2v) is 4.07. The first-order valence-electron chi connectivity index (χ1n) is 5.61. The average molecular weight is 249 g/mol. The number of rotatable bonds is 5. The van der Waals surface area contributed by atoms with Gasteiger partial charge in [-0.05, 0) is 6.42 Å². The van der Waals surface area contributed by atoms with Gasteiger partial charge in [0.25, 0.3) is 0 Å². The maximum absolute atomic E-state index is 11.2. The number of nitrogens with one attached hydrogen (secondary N) is 1. The van der Waals surface area contributed by atoms with E-state index in [1.165, 1.54) is 0 Å². The van der Waals surface area contributed by atoms with Crippen LogP contribution in [0, 0.1) is 0 Å². The lowest BCUT2D eigenvalue weighted by Crippen LogP contribution is -2.48. The van der Waals surface area contributed by atoms with Crippen molar-refractivity contribution in [1.29, 1.82) is 0 Å². The van der Waals surface area contributed by atoms with Gasteiger partial charge in [-0.2, -0.15) is 0 Å². The molecule has 1 heterocycles. The molecule has 17 heavy (non-hydrogen) atoms. The van der Waals surface area contributed by atoms with Gasteiger partial charge in [0.1, 0.15) is 24.4 Å². The first-order valence-corrected chi connectivity index (χ1v) is 5.61. The maximum atomic E-state index is 11.2. The van der Waals surface area contributed by atoms with Crippen LogP contribution in [-0.2, 0) is 9.53 Å². The summed E-state index contributed by atoms with van der Waals surface area (Å²) in [4.78, 5) is 11.2. The minimum absolute atomic E-state index is 0.256. The highest BCUT2D eigenvalue weighted by Crippen LogP contribution is 2.22. The smallest absolute Gasteiger partial charge is 0.222 e. The summed E-state index contributed by atoms with van der Waals surface area (Å²) in [6.07, 6.45) is -5.22. The number of ether oxygens (including phenoxy) is 1. The third-order valence-electron chi connectivity index (χ3n) is 2.68. The van der Waals surface area contributed by atoms with E-state index in [1.54, 1.807) is 0 Å². The molecule has 0 aliphatic carbocycles. The van der Waals surface area contributed by atoms with Crippen molar-refractivity contribution in [2.24, 2.45) is 0 Å². The quantitative estimate of drug-likeness (QED) is 0.350. The minimum Gasteiger partial charge on any atom is -0.394 e. The zero-order valence-corrected chi connectivity index (χ0v) is 9.61. The first-order chi connectivity index (χ1) is 8.01. The van der Waals surface area contributed by atoms with Gasteiger partial charge in [0, 0.05) is 6.42 Å². The summed E-state index contributed by atoms with van der Waals surface area (Å²) in [6, 6.07) is 0. The second kappa shape index (κ2) is 6.27. The number of hydrogen-bond donors (Lipinski definition) is 5. The van der Waals surface area contributed by atoms with Crippen molar-refractivity contribution in [3.63, 3.8) is 0 Å². The molecule has 7 heteroatoms. The van der Waals surface area contributed by atoms with E-state index in [0.717, 1.165) is 0 Å². The predicted octanol–water partition coefficient (Wildman–Crippen LogP) is -2.30. The molecular weight excluding hydrogens is 230 g/mol. The fraction of sp³-hybridized carbons (Fsp3) is 0.900. The van der Waals surface area contributed by atoms with Crippen LogP contribution in [0.5, 0.6) is 0 Å². The van der Waals surface area contributed by atoms with Gasteiger partial charge in [-0.3, -0.25) is 4.79 Å². The van der Waals surface area contributed by atoms with Crippen LogP contribution in [0.4, 0.5) is 0 Å². The molecular formula is C10H19NO6. The number of aliphatic hydroxyl groups is 4. The van der Waals surface area contributed by atoms with Gasteiger partial charge in [-0.25, -0.2) is 0 Å². The van der Waals surface area contributed by atoms with E-state index in [9.17, 15) is 20.1 Å². The standard InChI is InChI=1S/C10H19NO6/c1-2-3-6(13)11-10(16)9-8(15)7(14)5(4-12)17-9/h5,7-10,12,14-16H,2-4H2,1H3,(H,11,13)/t5-,7-,8+,9-,10?/m1/s1. The summed E-state index contributed by atoms with van der Waals surface area (Å²) in [5.41, 5.74) is 0. The fourth-order valence-electron chi connectivity index (χ4n) is 1.74. The Balaban J connectivity index is 2.52. The molecule has 5 atom stereocenters. The highest BCUT2D eigenvalue weighted by atomic mass is 16.6. The Bertz CT molecular complexity index is 261. The van der Waals surface area contributed by atoms with Crippen LogP contribution >= 0.6 is 0 Å². The minimum atomic E-state index is -1.41. The van der Waals surface area contributed by atoms with Gasteiger partial charge in [-0.15, -0.1) is 0 Å². The first kappa shape index (κ1) is 14.3. The lowest BCUT2D eigenvalue weighted by molar-refractivity contribution is -0.131. The molecule has 1 rings (SSSR count). The maximum Gasteiger partial charge on any atom is 0.222 e. The molecule has 0 aromatic carbocycles. The van der Waals surface area contributed by atoms with Gasteiger partial charge >= 0.3 is 0 Å².